The standard InChI is InChI=1S/C15H10FN3O4/c16-10-6-11(19-15(20)22-14-3-5-18-23-14)8-13(7-10)21-12-2-1-4-17-9-12/h1-9H,(H,19,20). The molecule has 0 unspecified atom stereocenters. The Labute approximate surface area is 129 Å². The van der Waals surface area contributed by atoms with E-state index in [1.165, 1.54) is 30.6 Å². The van der Waals surface area contributed by atoms with Crippen molar-refractivity contribution in [2.75, 3.05) is 5.32 Å². The first kappa shape index (κ1) is 14.5. The van der Waals surface area contributed by atoms with Crippen molar-refractivity contribution in [2.24, 2.45) is 0 Å². The minimum Gasteiger partial charge on any atom is -0.456 e. The summed E-state index contributed by atoms with van der Waals surface area (Å²) in [4.78, 5) is 15.6. The Morgan fingerprint density at radius 3 is 2.83 bits per heavy atom. The Hall–Kier alpha value is -3.42. The smallest absolute Gasteiger partial charge is 0.419 e. The van der Waals surface area contributed by atoms with E-state index in [2.05, 4.69) is 20.0 Å². The third-order valence-corrected chi connectivity index (χ3v) is 2.60. The number of amides is 1. The number of aromatic nitrogens is 2. The summed E-state index contributed by atoms with van der Waals surface area (Å²) in [6.07, 6.45) is 3.55. The fourth-order valence-electron chi connectivity index (χ4n) is 1.73. The Morgan fingerprint density at radius 2 is 2.09 bits per heavy atom. The van der Waals surface area contributed by atoms with Gasteiger partial charge in [-0.05, 0) is 18.2 Å². The summed E-state index contributed by atoms with van der Waals surface area (Å²) in [5.41, 5.74) is 0.161. The average molecular weight is 315 g/mol. The molecular formula is C15H10FN3O4. The Bertz CT molecular complexity index is 794. The molecular weight excluding hydrogens is 305 g/mol. The summed E-state index contributed by atoms with van der Waals surface area (Å²) in [6.45, 7) is 0. The van der Waals surface area contributed by atoms with E-state index in [0.717, 1.165) is 6.07 Å². The first-order valence-electron chi connectivity index (χ1n) is 6.47. The highest BCUT2D eigenvalue weighted by Crippen LogP contribution is 2.25. The monoisotopic (exact) mass is 315 g/mol. The first-order chi connectivity index (χ1) is 11.2. The summed E-state index contributed by atoms with van der Waals surface area (Å²) >= 11 is 0. The predicted molar refractivity (Wildman–Crippen MR) is 76.9 cm³/mol. The molecule has 0 fully saturated rings. The summed E-state index contributed by atoms with van der Waals surface area (Å²) in [5, 5.41) is 5.75. The molecule has 1 N–H and O–H groups in total. The van der Waals surface area contributed by atoms with Crippen LogP contribution in [0.5, 0.6) is 17.4 Å². The van der Waals surface area contributed by atoms with Gasteiger partial charge >= 0.3 is 12.0 Å². The third kappa shape index (κ3) is 4.03. The first-order valence-corrected chi connectivity index (χ1v) is 6.47. The molecule has 1 aromatic carbocycles. The lowest BCUT2D eigenvalue weighted by molar-refractivity contribution is 0.194. The van der Waals surface area contributed by atoms with Gasteiger partial charge in [-0.15, -0.1) is 0 Å². The van der Waals surface area contributed by atoms with Crippen LogP contribution in [0.4, 0.5) is 14.9 Å². The summed E-state index contributed by atoms with van der Waals surface area (Å²) in [6, 6.07) is 8.46. The maximum atomic E-state index is 13.6. The van der Waals surface area contributed by atoms with E-state index in [4.69, 9.17) is 9.47 Å². The van der Waals surface area contributed by atoms with Crippen molar-refractivity contribution in [3.8, 4) is 17.4 Å². The number of carbonyl (C=O) groups is 1. The number of anilines is 1. The van der Waals surface area contributed by atoms with Crippen LogP contribution in [-0.4, -0.2) is 16.2 Å². The van der Waals surface area contributed by atoms with Gasteiger partial charge < -0.3 is 14.0 Å². The largest absolute Gasteiger partial charge is 0.456 e. The van der Waals surface area contributed by atoms with Crippen LogP contribution in [0.15, 0.2) is 59.5 Å². The van der Waals surface area contributed by atoms with E-state index < -0.39 is 11.9 Å². The molecule has 0 bridgehead atoms. The number of ether oxygens (including phenoxy) is 2. The maximum Gasteiger partial charge on any atom is 0.419 e. The van der Waals surface area contributed by atoms with Crippen molar-refractivity contribution in [1.82, 2.24) is 10.1 Å². The summed E-state index contributed by atoms with van der Waals surface area (Å²) < 4.78 is 28.5. The lowest BCUT2D eigenvalue weighted by Gasteiger charge is -2.08. The average Bonchev–Trinajstić information content (AvgIpc) is 3.00. The van der Waals surface area contributed by atoms with Gasteiger partial charge in [0.25, 0.3) is 0 Å². The van der Waals surface area contributed by atoms with Gasteiger partial charge in [-0.25, -0.2) is 9.18 Å². The highest BCUT2D eigenvalue weighted by molar-refractivity contribution is 5.86. The van der Waals surface area contributed by atoms with Crippen LogP contribution in [0.1, 0.15) is 0 Å². The number of rotatable bonds is 4. The number of nitrogens with zero attached hydrogens (tertiary/aromatic N) is 2. The van der Waals surface area contributed by atoms with Gasteiger partial charge in [0.2, 0.25) is 0 Å². The van der Waals surface area contributed by atoms with E-state index >= 15 is 0 Å². The Kier molecular flexibility index (Phi) is 4.14. The second-order valence-electron chi connectivity index (χ2n) is 4.31. The summed E-state index contributed by atoms with van der Waals surface area (Å²) in [7, 11) is 0. The lowest BCUT2D eigenvalue weighted by Crippen LogP contribution is -2.16. The van der Waals surface area contributed by atoms with Crippen molar-refractivity contribution in [1.29, 1.82) is 0 Å². The number of nitrogens with one attached hydrogen (secondary N) is 1. The van der Waals surface area contributed by atoms with Crippen LogP contribution in [0.2, 0.25) is 0 Å². The molecule has 0 saturated carbocycles. The maximum absolute atomic E-state index is 13.6. The van der Waals surface area contributed by atoms with Crippen LogP contribution in [-0.2, 0) is 0 Å². The molecule has 2 heterocycles. The van der Waals surface area contributed by atoms with Crippen LogP contribution in [0, 0.1) is 5.82 Å². The SMILES string of the molecule is O=C(Nc1cc(F)cc(Oc2cccnc2)c1)Oc1ccno1. The molecule has 0 aliphatic carbocycles. The van der Waals surface area contributed by atoms with E-state index in [-0.39, 0.29) is 17.4 Å². The molecule has 116 valence electrons. The Balaban J connectivity index is 1.71. The normalized spacial score (nSPS) is 10.1. The van der Waals surface area contributed by atoms with Crippen molar-refractivity contribution in [2.45, 2.75) is 0 Å². The van der Waals surface area contributed by atoms with Gasteiger partial charge in [-0.1, -0.05) is 5.16 Å². The van der Waals surface area contributed by atoms with Crippen molar-refractivity contribution in [3.63, 3.8) is 0 Å². The van der Waals surface area contributed by atoms with Crippen LogP contribution in [0.25, 0.3) is 0 Å². The van der Waals surface area contributed by atoms with E-state index in [1.54, 1.807) is 18.3 Å². The number of halogens is 1. The highest BCUT2D eigenvalue weighted by Gasteiger charge is 2.10. The molecule has 7 nitrogen and oxygen atoms in total. The molecule has 0 saturated heterocycles. The van der Waals surface area contributed by atoms with Crippen LogP contribution in [0.3, 0.4) is 0 Å². The van der Waals surface area contributed by atoms with Crippen LogP contribution < -0.4 is 14.8 Å². The second kappa shape index (κ2) is 6.56. The second-order valence-corrected chi connectivity index (χ2v) is 4.31. The highest BCUT2D eigenvalue weighted by atomic mass is 19.1. The number of pyridine rings is 1. The van der Waals surface area contributed by atoms with Gasteiger partial charge in [0.1, 0.15) is 17.3 Å². The van der Waals surface area contributed by atoms with Gasteiger partial charge in [-0.2, -0.15) is 0 Å². The number of hydrogen-bond donors (Lipinski definition) is 1. The molecule has 0 radical (unpaired) electrons. The summed E-state index contributed by atoms with van der Waals surface area (Å²) in [5.74, 6) is -0.0201. The molecule has 0 aliphatic rings. The lowest BCUT2D eigenvalue weighted by atomic mass is 10.3. The van der Waals surface area contributed by atoms with Crippen molar-refractivity contribution in [3.05, 3.63) is 60.8 Å². The number of hydrogen-bond acceptors (Lipinski definition) is 6. The minimum absolute atomic E-state index is 0.0780. The third-order valence-electron chi connectivity index (χ3n) is 2.60. The van der Waals surface area contributed by atoms with Crippen molar-refractivity contribution < 1.29 is 23.2 Å². The zero-order valence-electron chi connectivity index (χ0n) is 11.6. The fourth-order valence-corrected chi connectivity index (χ4v) is 1.73. The molecule has 0 atom stereocenters. The molecule has 2 aromatic heterocycles. The van der Waals surface area contributed by atoms with Gasteiger partial charge in [-0.3, -0.25) is 10.3 Å². The van der Waals surface area contributed by atoms with E-state index in [1.807, 2.05) is 0 Å². The topological polar surface area (TPSA) is 86.5 Å². The number of carbonyl (C=O) groups excluding carboxylic acids is 1. The van der Waals surface area contributed by atoms with Crippen molar-refractivity contribution >= 4 is 11.8 Å². The molecule has 0 spiro atoms. The van der Waals surface area contributed by atoms with Crippen LogP contribution >= 0.6 is 0 Å². The molecule has 3 aromatic rings. The minimum atomic E-state index is -0.848. The molecule has 3 rings (SSSR count). The zero-order chi connectivity index (χ0) is 16.1. The van der Waals surface area contributed by atoms with Gasteiger partial charge in [0.15, 0.2) is 0 Å². The molecule has 8 heteroatoms. The fraction of sp³-hybridized carbons (Fsp3) is 0. The van der Waals surface area contributed by atoms with E-state index in [0.29, 0.717) is 5.75 Å². The Morgan fingerprint density at radius 1 is 1.17 bits per heavy atom. The molecule has 1 amide bonds. The van der Waals surface area contributed by atoms with Gasteiger partial charge in [0, 0.05) is 24.4 Å². The zero-order valence-corrected chi connectivity index (χ0v) is 11.6. The number of benzene rings is 1. The predicted octanol–water partition coefficient (Wildman–Crippen LogP) is 3.61. The molecule has 0 aliphatic heterocycles. The van der Waals surface area contributed by atoms with E-state index in [9.17, 15) is 9.18 Å². The van der Waals surface area contributed by atoms with Gasteiger partial charge in [0.05, 0.1) is 18.1 Å². The quantitative estimate of drug-likeness (QED) is 0.791. The molecule has 23 heavy (non-hydrogen) atoms.